The van der Waals surface area contributed by atoms with E-state index in [-0.39, 0.29) is 35.1 Å². The van der Waals surface area contributed by atoms with Gasteiger partial charge in [-0.25, -0.2) is 29.7 Å². The summed E-state index contributed by atoms with van der Waals surface area (Å²) in [6, 6.07) is 19.0. The molecular formula is C47H53N9O8S. The number of pyridine rings is 2. The minimum atomic E-state index is -4.67. The van der Waals surface area contributed by atoms with Gasteiger partial charge < -0.3 is 34.3 Å². The van der Waals surface area contributed by atoms with Crippen LogP contribution in [-0.2, 0) is 19.5 Å². The predicted octanol–water partition coefficient (Wildman–Crippen LogP) is 7.60. The molecule has 65 heavy (non-hydrogen) atoms. The molecule has 4 fully saturated rings. The van der Waals surface area contributed by atoms with Crippen LogP contribution in [0.3, 0.4) is 0 Å². The highest BCUT2D eigenvalue weighted by atomic mass is 32.2. The van der Waals surface area contributed by atoms with Crippen LogP contribution in [0.1, 0.15) is 85.8 Å². The number of H-pyrrole nitrogens is 1. The molecule has 3 aromatic heterocycles. The van der Waals surface area contributed by atoms with Gasteiger partial charge in [-0.3, -0.25) is 19.8 Å². The number of aromatic nitrogens is 3. The maximum absolute atomic E-state index is 14.0. The summed E-state index contributed by atoms with van der Waals surface area (Å²) in [4.78, 5) is 45.0. The number of morpholine rings is 1. The van der Waals surface area contributed by atoms with Gasteiger partial charge in [-0.1, -0.05) is 38.1 Å². The van der Waals surface area contributed by atoms with Crippen molar-refractivity contribution >= 4 is 44.2 Å². The summed E-state index contributed by atoms with van der Waals surface area (Å²) in [7, 11) is -4.67. The quantitative estimate of drug-likeness (QED) is 0.0594. The Balaban J connectivity index is 0.909. The van der Waals surface area contributed by atoms with Gasteiger partial charge in [-0.05, 0) is 72.4 Å². The van der Waals surface area contributed by atoms with Gasteiger partial charge in [-0.2, -0.15) is 0 Å². The fraction of sp³-hybridized carbons (Fsp3) is 0.447. The summed E-state index contributed by atoms with van der Waals surface area (Å²) in [6.45, 7) is 17.0. The SMILES string of the molecule is [C-]#[N+]C1(CNc2ncc(S(=O)(=O)NC(=O)c3ccc(N4CCC5(CC4)CC(N4CCOC[C@H]4c4ccccc4C(C)C)C5)cc3Oc3cnc4[nH]ccc4c3)cc2[N+](=O)[O-])CCOCC1. The highest BCUT2D eigenvalue weighted by Gasteiger charge is 2.50. The maximum atomic E-state index is 14.0. The third kappa shape index (κ3) is 9.10. The average Bonchev–Trinajstić information content (AvgIpc) is 3.78. The smallest absolute Gasteiger partial charge is 0.312 e. The van der Waals surface area contributed by atoms with Crippen molar-refractivity contribution in [1.82, 2.24) is 24.6 Å². The van der Waals surface area contributed by atoms with E-state index in [0.29, 0.717) is 56.0 Å². The molecule has 3 N–H and O–H groups in total. The first-order valence-corrected chi connectivity index (χ1v) is 23.7. The maximum Gasteiger partial charge on any atom is 0.312 e. The molecule has 0 unspecified atom stereocenters. The third-order valence-electron chi connectivity index (χ3n) is 13.8. The standard InChI is InChI=1S/C47H53N9O8S/c1-31(2)37-6-4-5-7-38(37)41-29-63-21-18-55(41)34-25-46(26-34)11-16-54(17-12-46)33-8-9-39(42(23-33)64-35-22-32-10-15-49-43(32)50-27-35)45(57)53-65(60,61)36-24-40(56(58)59)44(51-28-36)52-30-47(48-3)13-19-62-20-14-47/h4-10,15,22-24,27-28,31,34,41H,11-14,16-21,25-26,29-30H2,1-2H3,(H,49,50)(H,51,52)(H,53,57)/t41-/m0/s1. The van der Waals surface area contributed by atoms with E-state index in [1.807, 2.05) is 6.07 Å². The second kappa shape index (κ2) is 18.0. The Morgan fingerprint density at radius 2 is 1.80 bits per heavy atom. The number of amides is 1. The fourth-order valence-electron chi connectivity index (χ4n) is 9.99. The predicted molar refractivity (Wildman–Crippen MR) is 244 cm³/mol. The van der Waals surface area contributed by atoms with Gasteiger partial charge in [0.15, 0.2) is 0 Å². The lowest BCUT2D eigenvalue weighted by Crippen LogP contribution is -2.58. The molecule has 0 bridgehead atoms. The number of hydrogen-bond acceptors (Lipinski definition) is 13. The van der Waals surface area contributed by atoms with E-state index in [2.05, 4.69) is 77.7 Å². The number of aromatic amines is 1. The first-order chi connectivity index (χ1) is 31.3. The van der Waals surface area contributed by atoms with Gasteiger partial charge in [0.1, 0.15) is 22.0 Å². The number of anilines is 2. The molecule has 4 aliphatic rings. The number of hydrogen-bond donors (Lipinski definition) is 3. The normalized spacial score (nSPS) is 20.0. The van der Waals surface area contributed by atoms with Gasteiger partial charge in [0.25, 0.3) is 21.5 Å². The molecule has 2 aromatic carbocycles. The number of ether oxygens (including phenoxy) is 3. The van der Waals surface area contributed by atoms with Crippen molar-refractivity contribution in [2.75, 3.05) is 62.8 Å². The molecular weight excluding hydrogens is 851 g/mol. The molecule has 6 heterocycles. The highest BCUT2D eigenvalue weighted by molar-refractivity contribution is 7.90. The Hall–Kier alpha value is -6.13. The number of benzene rings is 2. The molecule has 1 atom stereocenters. The summed E-state index contributed by atoms with van der Waals surface area (Å²) < 4.78 is 47.3. The number of fused-ring (bicyclic) bond motifs is 1. The number of sulfonamides is 1. The van der Waals surface area contributed by atoms with E-state index in [9.17, 15) is 23.3 Å². The van der Waals surface area contributed by atoms with Crippen LogP contribution in [0.15, 0.2) is 84.1 Å². The van der Waals surface area contributed by atoms with Crippen molar-refractivity contribution in [3.63, 3.8) is 0 Å². The zero-order valence-corrected chi connectivity index (χ0v) is 37.3. The van der Waals surface area contributed by atoms with E-state index in [1.54, 1.807) is 24.4 Å². The van der Waals surface area contributed by atoms with Crippen LogP contribution in [0, 0.1) is 22.1 Å². The molecule has 18 heteroatoms. The molecule has 1 amide bonds. The third-order valence-corrected chi connectivity index (χ3v) is 15.1. The Kier molecular flexibility index (Phi) is 12.2. The lowest BCUT2D eigenvalue weighted by atomic mass is 9.59. The number of nitrogens with one attached hydrogen (secondary N) is 3. The molecule has 1 saturated carbocycles. The van der Waals surface area contributed by atoms with Crippen LogP contribution in [-0.4, -0.2) is 103 Å². The lowest BCUT2D eigenvalue weighted by Gasteiger charge is -2.57. The van der Waals surface area contributed by atoms with Gasteiger partial charge in [0.05, 0.1) is 74.7 Å². The minimum absolute atomic E-state index is 0.0599. The summed E-state index contributed by atoms with van der Waals surface area (Å²) >= 11 is 0. The lowest BCUT2D eigenvalue weighted by molar-refractivity contribution is -0.384. The number of rotatable bonds is 13. The molecule has 5 aromatic rings. The summed E-state index contributed by atoms with van der Waals surface area (Å²) in [5.74, 6) is -0.310. The molecule has 1 aliphatic carbocycles. The Morgan fingerprint density at radius 1 is 1.02 bits per heavy atom. The van der Waals surface area contributed by atoms with Gasteiger partial charge in [-0.15, -0.1) is 0 Å². The van der Waals surface area contributed by atoms with Crippen molar-refractivity contribution in [3.8, 4) is 11.5 Å². The highest BCUT2D eigenvalue weighted by Crippen LogP contribution is 2.53. The first-order valence-electron chi connectivity index (χ1n) is 22.2. The van der Waals surface area contributed by atoms with Crippen molar-refractivity contribution < 1.29 is 32.3 Å². The van der Waals surface area contributed by atoms with E-state index in [0.717, 1.165) is 75.3 Å². The van der Waals surface area contributed by atoms with E-state index >= 15 is 0 Å². The van der Waals surface area contributed by atoms with Gasteiger partial charge >= 0.3 is 5.69 Å². The average molecular weight is 904 g/mol. The Labute approximate surface area is 377 Å². The van der Waals surface area contributed by atoms with E-state index in [4.69, 9.17) is 20.8 Å². The van der Waals surface area contributed by atoms with Crippen molar-refractivity contribution in [1.29, 1.82) is 0 Å². The second-order valence-corrected chi connectivity index (χ2v) is 19.7. The number of nitrogens with zero attached hydrogens (tertiary/aromatic N) is 6. The van der Waals surface area contributed by atoms with Gasteiger partial charge in [0, 0.05) is 55.1 Å². The molecule has 1 spiro atoms. The van der Waals surface area contributed by atoms with Crippen molar-refractivity contribution in [2.45, 2.75) is 80.8 Å². The summed E-state index contributed by atoms with van der Waals surface area (Å²) in [6.07, 6.45) is 9.37. The van der Waals surface area contributed by atoms with Crippen molar-refractivity contribution in [2.24, 2.45) is 5.41 Å². The van der Waals surface area contributed by atoms with Crippen LogP contribution < -0.4 is 19.7 Å². The molecule has 3 saturated heterocycles. The minimum Gasteiger partial charge on any atom is -0.455 e. The van der Waals surface area contributed by atoms with Crippen LogP contribution in [0.25, 0.3) is 15.9 Å². The number of nitro groups is 1. The van der Waals surface area contributed by atoms with E-state index < -0.39 is 37.0 Å². The first kappa shape index (κ1) is 44.1. The molecule has 17 nitrogen and oxygen atoms in total. The zero-order valence-electron chi connectivity index (χ0n) is 36.5. The molecule has 3 aliphatic heterocycles. The summed E-state index contributed by atoms with van der Waals surface area (Å²) in [5.41, 5.74) is 2.95. The summed E-state index contributed by atoms with van der Waals surface area (Å²) in [5, 5.41) is 15.8. The largest absolute Gasteiger partial charge is 0.455 e. The Morgan fingerprint density at radius 3 is 2.55 bits per heavy atom. The number of carbonyl (C=O) groups is 1. The molecule has 340 valence electrons. The molecule has 0 radical (unpaired) electrons. The van der Waals surface area contributed by atoms with Crippen molar-refractivity contribution in [3.05, 3.63) is 117 Å². The van der Waals surface area contributed by atoms with Gasteiger partial charge in [0.2, 0.25) is 5.82 Å². The second-order valence-electron chi connectivity index (χ2n) is 18.1. The zero-order chi connectivity index (χ0) is 45.3. The number of piperidine rings is 1. The monoisotopic (exact) mass is 903 g/mol. The molecule has 9 rings (SSSR count). The van der Waals surface area contributed by atoms with Crippen LogP contribution in [0.4, 0.5) is 17.2 Å². The topological polar surface area (TPSA) is 199 Å². The van der Waals surface area contributed by atoms with Crippen LogP contribution >= 0.6 is 0 Å². The number of carbonyl (C=O) groups excluding carboxylic acids is 1. The van der Waals surface area contributed by atoms with Crippen LogP contribution in [0.2, 0.25) is 0 Å². The Bertz CT molecular complexity index is 2730. The van der Waals surface area contributed by atoms with E-state index in [1.165, 1.54) is 23.4 Å². The van der Waals surface area contributed by atoms with Crippen LogP contribution in [0.5, 0.6) is 11.5 Å². The fourth-order valence-corrected chi connectivity index (χ4v) is 10.9.